The first-order chi connectivity index (χ1) is 17.3. The third kappa shape index (κ3) is 3.58. The summed E-state index contributed by atoms with van der Waals surface area (Å²) >= 11 is 0. The summed E-state index contributed by atoms with van der Waals surface area (Å²) in [5.74, 6) is 1.68. The molecule has 0 saturated heterocycles. The molecule has 2 aromatic rings. The second kappa shape index (κ2) is 8.85. The van der Waals surface area contributed by atoms with Gasteiger partial charge in [0.2, 0.25) is 0 Å². The highest BCUT2D eigenvalue weighted by Gasteiger charge is 2.62. The molecule has 0 bridgehead atoms. The Labute approximate surface area is 212 Å². The van der Waals surface area contributed by atoms with E-state index in [4.69, 9.17) is 4.74 Å². The van der Waals surface area contributed by atoms with Crippen molar-refractivity contribution >= 4 is 16.8 Å². The maximum Gasteiger partial charge on any atom is 0.188 e. The maximum absolute atomic E-state index is 14.1. The molecule has 1 aromatic heterocycles. The summed E-state index contributed by atoms with van der Waals surface area (Å²) in [5.41, 5.74) is 0.470. The predicted molar refractivity (Wildman–Crippen MR) is 133 cm³/mol. The largest absolute Gasteiger partial charge is 0.384 e. The normalized spacial score (nSPS) is 40.0. The summed E-state index contributed by atoms with van der Waals surface area (Å²) in [7, 11) is 1.87. The van der Waals surface area contributed by atoms with Crippen molar-refractivity contribution in [1.29, 1.82) is 0 Å². The highest BCUT2D eigenvalue weighted by Crippen LogP contribution is 2.68. The fourth-order valence-corrected chi connectivity index (χ4v) is 9.63. The lowest BCUT2D eigenvalue weighted by atomic mass is 9.44. The summed E-state index contributed by atoms with van der Waals surface area (Å²) in [6.45, 7) is 5.66. The van der Waals surface area contributed by atoms with Gasteiger partial charge >= 0.3 is 0 Å². The van der Waals surface area contributed by atoms with Crippen molar-refractivity contribution < 1.29 is 18.3 Å². The molecular weight excluding hydrogens is 460 g/mol. The number of ether oxygens (including phenoxy) is 1. The molecule has 1 aromatic carbocycles. The standard InChI is InChI=1S/C29H39F2N3O2/c1-17-10-13-29(16-36-3)18(14-17)4-5-19-20-6-7-22(28(20,2)12-11-21(19)29)25(35)15-34-32-24-9-8-23(30)26(31)27(24)33-34/h8-9,17-22H,4-7,10-16H2,1-3H3. The highest BCUT2D eigenvalue weighted by atomic mass is 19.2. The number of hydrogen-bond acceptors (Lipinski definition) is 4. The quantitative estimate of drug-likeness (QED) is 0.492. The third-order valence-electron chi connectivity index (χ3n) is 11.2. The molecule has 4 fully saturated rings. The Balaban J connectivity index is 1.22. The van der Waals surface area contributed by atoms with Crippen LogP contribution in [0.25, 0.3) is 11.0 Å². The van der Waals surface area contributed by atoms with Gasteiger partial charge in [0.15, 0.2) is 22.9 Å². The van der Waals surface area contributed by atoms with Crippen LogP contribution in [0.2, 0.25) is 0 Å². The van der Waals surface area contributed by atoms with Gasteiger partial charge in [-0.05, 0) is 104 Å². The van der Waals surface area contributed by atoms with Gasteiger partial charge in [0.1, 0.15) is 12.1 Å². The summed E-state index contributed by atoms with van der Waals surface area (Å²) in [5, 5.41) is 8.38. The number of halogens is 2. The van der Waals surface area contributed by atoms with Crippen LogP contribution in [0.3, 0.4) is 0 Å². The molecule has 5 nitrogen and oxygen atoms in total. The lowest BCUT2D eigenvalue weighted by Gasteiger charge is -2.61. The van der Waals surface area contributed by atoms with Crippen molar-refractivity contribution in [2.75, 3.05) is 13.7 Å². The topological polar surface area (TPSA) is 57.0 Å². The molecule has 1 heterocycles. The molecule has 7 heteroatoms. The molecule has 0 N–H and O–H groups in total. The summed E-state index contributed by atoms with van der Waals surface area (Å²) < 4.78 is 33.6. The SMILES string of the molecule is COCC12CCC(C)CC1CCC1C3CCC(C(=O)Cn4nc5ccc(F)c(F)c5n4)C3(C)CCC12. The van der Waals surface area contributed by atoms with Gasteiger partial charge in [-0.1, -0.05) is 20.3 Å². The van der Waals surface area contributed by atoms with Crippen LogP contribution >= 0.6 is 0 Å². The van der Waals surface area contributed by atoms with E-state index in [0.717, 1.165) is 43.8 Å². The second-order valence-electron chi connectivity index (χ2n) is 12.8. The lowest BCUT2D eigenvalue weighted by Crippen LogP contribution is -2.56. The van der Waals surface area contributed by atoms with Crippen molar-refractivity contribution in [2.45, 2.75) is 78.2 Å². The van der Waals surface area contributed by atoms with E-state index in [1.165, 1.54) is 49.4 Å². The van der Waals surface area contributed by atoms with E-state index in [-0.39, 0.29) is 34.7 Å². The molecule has 36 heavy (non-hydrogen) atoms. The minimum atomic E-state index is -1.00. The van der Waals surface area contributed by atoms with Gasteiger partial charge in [-0.25, -0.2) is 8.78 Å². The smallest absolute Gasteiger partial charge is 0.188 e. The van der Waals surface area contributed by atoms with Crippen LogP contribution in [-0.4, -0.2) is 34.5 Å². The van der Waals surface area contributed by atoms with Gasteiger partial charge in [0.05, 0.1) is 6.61 Å². The number of hydrogen-bond donors (Lipinski definition) is 0. The summed E-state index contributed by atoms with van der Waals surface area (Å²) in [4.78, 5) is 14.9. The van der Waals surface area contributed by atoms with Gasteiger partial charge in [-0.3, -0.25) is 4.79 Å². The van der Waals surface area contributed by atoms with E-state index >= 15 is 0 Å². The van der Waals surface area contributed by atoms with Crippen molar-refractivity contribution in [3.63, 3.8) is 0 Å². The van der Waals surface area contributed by atoms with E-state index in [1.54, 1.807) is 0 Å². The molecule has 196 valence electrons. The zero-order chi connectivity index (χ0) is 25.2. The first-order valence-corrected chi connectivity index (χ1v) is 14.0. The Morgan fingerprint density at radius 3 is 2.72 bits per heavy atom. The van der Waals surface area contributed by atoms with Gasteiger partial charge in [-0.2, -0.15) is 9.90 Å². The third-order valence-corrected chi connectivity index (χ3v) is 11.2. The molecule has 0 spiro atoms. The Bertz CT molecular complexity index is 1170. The Hall–Kier alpha value is -1.89. The number of rotatable bonds is 5. The van der Waals surface area contributed by atoms with Crippen molar-refractivity contribution in [2.24, 2.45) is 46.3 Å². The molecule has 4 aliphatic carbocycles. The monoisotopic (exact) mass is 499 g/mol. The number of fused-ring (bicyclic) bond motifs is 6. The van der Waals surface area contributed by atoms with Crippen LogP contribution in [0.4, 0.5) is 8.78 Å². The molecular formula is C29H39F2N3O2. The molecule has 8 unspecified atom stereocenters. The van der Waals surface area contributed by atoms with Crippen molar-refractivity contribution in [3.8, 4) is 0 Å². The van der Waals surface area contributed by atoms with Gasteiger partial charge in [-0.15, -0.1) is 5.10 Å². The first kappa shape index (κ1) is 24.4. The number of ketones is 1. The zero-order valence-electron chi connectivity index (χ0n) is 21.8. The van der Waals surface area contributed by atoms with Gasteiger partial charge in [0.25, 0.3) is 0 Å². The van der Waals surface area contributed by atoms with Crippen LogP contribution in [-0.2, 0) is 16.1 Å². The summed E-state index contributed by atoms with van der Waals surface area (Å²) in [6.07, 6.45) is 10.8. The Kier molecular flexibility index (Phi) is 6.01. The van der Waals surface area contributed by atoms with Crippen LogP contribution in [0.1, 0.15) is 71.6 Å². The van der Waals surface area contributed by atoms with Crippen molar-refractivity contribution in [1.82, 2.24) is 15.0 Å². The number of benzene rings is 1. The average molecular weight is 500 g/mol. The minimum absolute atomic E-state index is 0.00869. The van der Waals surface area contributed by atoms with E-state index < -0.39 is 11.6 Å². The first-order valence-electron chi connectivity index (χ1n) is 14.0. The van der Waals surface area contributed by atoms with Crippen LogP contribution in [0.15, 0.2) is 12.1 Å². The predicted octanol–water partition coefficient (Wildman–Crippen LogP) is 6.20. The van der Waals surface area contributed by atoms with E-state index in [2.05, 4.69) is 24.0 Å². The zero-order valence-corrected chi connectivity index (χ0v) is 21.8. The second-order valence-corrected chi connectivity index (χ2v) is 12.8. The van der Waals surface area contributed by atoms with Gasteiger partial charge in [0, 0.05) is 13.0 Å². The number of Topliss-reactive ketones (excluding diaryl/α,β-unsaturated/α-hetero) is 1. The highest BCUT2D eigenvalue weighted by molar-refractivity contribution is 5.82. The van der Waals surface area contributed by atoms with Gasteiger partial charge < -0.3 is 4.74 Å². The van der Waals surface area contributed by atoms with Crippen LogP contribution in [0.5, 0.6) is 0 Å². The van der Waals surface area contributed by atoms with Crippen LogP contribution < -0.4 is 0 Å². The minimum Gasteiger partial charge on any atom is -0.384 e. The number of nitrogens with zero attached hydrogens (tertiary/aromatic N) is 3. The lowest BCUT2D eigenvalue weighted by molar-refractivity contribution is -0.154. The fraction of sp³-hybridized carbons (Fsp3) is 0.759. The molecule has 0 aliphatic heterocycles. The maximum atomic E-state index is 14.1. The molecule has 0 amide bonds. The number of carbonyl (C=O) groups excluding carboxylic acids is 1. The van der Waals surface area contributed by atoms with E-state index in [1.807, 2.05) is 7.11 Å². The van der Waals surface area contributed by atoms with E-state index in [9.17, 15) is 13.6 Å². The van der Waals surface area contributed by atoms with E-state index in [0.29, 0.717) is 23.2 Å². The Morgan fingerprint density at radius 2 is 1.92 bits per heavy atom. The number of carbonyl (C=O) groups is 1. The molecule has 6 rings (SSSR count). The van der Waals surface area contributed by atoms with Crippen molar-refractivity contribution in [3.05, 3.63) is 23.8 Å². The van der Waals surface area contributed by atoms with Crippen LogP contribution in [0, 0.1) is 58.0 Å². The number of aromatic nitrogens is 3. The molecule has 8 atom stereocenters. The summed E-state index contributed by atoms with van der Waals surface area (Å²) in [6, 6.07) is 2.46. The molecule has 4 saturated carbocycles. The number of methoxy groups -OCH3 is 1. The Morgan fingerprint density at radius 1 is 1.08 bits per heavy atom. The fourth-order valence-electron chi connectivity index (χ4n) is 9.63. The average Bonchev–Trinajstić information content (AvgIpc) is 3.42. The molecule has 0 radical (unpaired) electrons. The molecule has 4 aliphatic rings.